The molecule has 1 heterocycles. The number of carbonyl (C=O) groups excluding carboxylic acids is 2. The lowest BCUT2D eigenvalue weighted by Gasteiger charge is -2.38. The molecule has 8 nitrogen and oxygen atoms in total. The molecule has 1 aliphatic heterocycles. The van der Waals surface area contributed by atoms with Crippen LogP contribution in [0.1, 0.15) is 33.6 Å². The lowest BCUT2D eigenvalue weighted by Crippen LogP contribution is -2.54. The minimum absolute atomic E-state index is 0.129. The number of amides is 2. The number of piperazine rings is 1. The zero-order chi connectivity index (χ0) is 19.7. The Morgan fingerprint density at radius 2 is 1.77 bits per heavy atom. The summed E-state index contributed by atoms with van der Waals surface area (Å²) in [6, 6.07) is 0. The van der Waals surface area contributed by atoms with Crippen LogP contribution in [0, 0.1) is 11.8 Å². The minimum atomic E-state index is -1.56. The summed E-state index contributed by atoms with van der Waals surface area (Å²) in [6.45, 7) is 8.19. The second kappa shape index (κ2) is 10.9. The van der Waals surface area contributed by atoms with Crippen LogP contribution < -0.4 is 5.48 Å². The van der Waals surface area contributed by atoms with E-state index >= 15 is 0 Å². The average molecular weight is 368 g/mol. The first-order valence-corrected chi connectivity index (χ1v) is 9.14. The molecule has 3 N–H and O–H groups in total. The molecule has 26 heavy (non-hydrogen) atoms. The molecule has 2 atom stereocenters. The maximum Gasteiger partial charge on any atom is 0.272 e. The van der Waals surface area contributed by atoms with Gasteiger partial charge in [0, 0.05) is 33.2 Å². The van der Waals surface area contributed by atoms with Gasteiger partial charge >= 0.3 is 0 Å². The number of nitrogens with one attached hydrogen (secondary N) is 1. The summed E-state index contributed by atoms with van der Waals surface area (Å²) in [5.74, 6) is -1.06. The molecule has 0 aliphatic carbocycles. The fourth-order valence-corrected chi connectivity index (χ4v) is 3.06. The molecule has 1 fully saturated rings. The van der Waals surface area contributed by atoms with Crippen molar-refractivity contribution in [1.82, 2.24) is 15.3 Å². The van der Waals surface area contributed by atoms with Crippen molar-refractivity contribution in [3.8, 4) is 0 Å². The summed E-state index contributed by atoms with van der Waals surface area (Å²) >= 11 is 0. The molecule has 0 unspecified atom stereocenters. The van der Waals surface area contributed by atoms with Crippen LogP contribution in [0.5, 0.6) is 0 Å². The number of hydrogen-bond donors (Lipinski definition) is 3. The van der Waals surface area contributed by atoms with Gasteiger partial charge in [0.1, 0.15) is 11.9 Å². The van der Waals surface area contributed by atoms with Crippen LogP contribution in [0.25, 0.3) is 0 Å². The van der Waals surface area contributed by atoms with Gasteiger partial charge in [0.2, 0.25) is 5.91 Å². The monoisotopic (exact) mass is 368 g/mol. The van der Waals surface area contributed by atoms with Gasteiger partial charge in [-0.25, -0.2) is 5.48 Å². The van der Waals surface area contributed by atoms with E-state index in [2.05, 4.69) is 16.8 Å². The number of amidine groups is 1. The first-order chi connectivity index (χ1) is 12.3. The third kappa shape index (κ3) is 6.10. The van der Waals surface area contributed by atoms with E-state index in [1.807, 2.05) is 26.0 Å². The lowest BCUT2D eigenvalue weighted by atomic mass is 9.90. The molecular weight excluding hydrogens is 336 g/mol. The summed E-state index contributed by atoms with van der Waals surface area (Å²) in [5.41, 5.74) is 1.43. The number of carbonyl (C=O) groups is 2. The van der Waals surface area contributed by atoms with Gasteiger partial charge in [-0.15, -0.1) is 0 Å². The number of allylic oxidation sites excluding steroid dienone is 1. The van der Waals surface area contributed by atoms with Crippen LogP contribution in [0.15, 0.2) is 17.1 Å². The Hall–Kier alpha value is -1.93. The molecule has 1 saturated heterocycles. The summed E-state index contributed by atoms with van der Waals surface area (Å²) in [4.78, 5) is 32.5. The third-order valence-corrected chi connectivity index (χ3v) is 4.45. The van der Waals surface area contributed by atoms with E-state index in [9.17, 15) is 14.7 Å². The van der Waals surface area contributed by atoms with Gasteiger partial charge in [-0.1, -0.05) is 26.8 Å². The molecule has 8 heteroatoms. The van der Waals surface area contributed by atoms with E-state index in [4.69, 9.17) is 5.21 Å². The first kappa shape index (κ1) is 22.1. The Bertz CT molecular complexity index is 525. The Morgan fingerprint density at radius 3 is 2.23 bits per heavy atom. The second-order valence-electron chi connectivity index (χ2n) is 6.86. The van der Waals surface area contributed by atoms with Gasteiger partial charge in [-0.05, 0) is 24.8 Å². The van der Waals surface area contributed by atoms with Gasteiger partial charge < -0.3 is 14.9 Å². The molecule has 0 radical (unpaired) electrons. The van der Waals surface area contributed by atoms with E-state index in [0.29, 0.717) is 32.6 Å². The highest BCUT2D eigenvalue weighted by molar-refractivity contribution is 5.93. The first-order valence-electron chi connectivity index (χ1n) is 9.14. The summed E-state index contributed by atoms with van der Waals surface area (Å²) in [6.07, 6.45) is 3.76. The van der Waals surface area contributed by atoms with Crippen LogP contribution >= 0.6 is 0 Å². The van der Waals surface area contributed by atoms with Crippen molar-refractivity contribution in [2.45, 2.75) is 39.7 Å². The molecule has 0 saturated carbocycles. The van der Waals surface area contributed by atoms with Crippen molar-refractivity contribution in [3.63, 3.8) is 0 Å². The van der Waals surface area contributed by atoms with E-state index in [1.54, 1.807) is 11.9 Å². The van der Waals surface area contributed by atoms with E-state index in [-0.39, 0.29) is 11.8 Å². The smallest absolute Gasteiger partial charge is 0.272 e. The van der Waals surface area contributed by atoms with Crippen molar-refractivity contribution in [2.24, 2.45) is 16.8 Å². The summed E-state index contributed by atoms with van der Waals surface area (Å²) < 4.78 is 0. The van der Waals surface area contributed by atoms with E-state index in [0.717, 1.165) is 12.3 Å². The van der Waals surface area contributed by atoms with Crippen molar-refractivity contribution in [3.05, 3.63) is 12.2 Å². The number of hydrogen-bond acceptors (Lipinski definition) is 5. The largest absolute Gasteiger partial charge is 0.382 e. The zero-order valence-corrected chi connectivity index (χ0v) is 16.2. The third-order valence-electron chi connectivity index (χ3n) is 4.45. The predicted molar refractivity (Wildman–Crippen MR) is 99.8 cm³/mol. The number of hydroxylamine groups is 1. The number of aliphatic hydroxyl groups excluding tert-OH is 1. The average Bonchev–Trinajstić information content (AvgIpc) is 2.65. The summed E-state index contributed by atoms with van der Waals surface area (Å²) in [5, 5.41) is 18.9. The molecule has 1 aliphatic rings. The zero-order valence-electron chi connectivity index (χ0n) is 16.2. The van der Waals surface area contributed by atoms with Crippen LogP contribution in [0.2, 0.25) is 0 Å². The van der Waals surface area contributed by atoms with E-state index in [1.165, 1.54) is 5.48 Å². The van der Waals surface area contributed by atoms with E-state index < -0.39 is 17.9 Å². The van der Waals surface area contributed by atoms with Crippen molar-refractivity contribution >= 4 is 17.6 Å². The lowest BCUT2D eigenvalue weighted by molar-refractivity contribution is -0.151. The normalized spacial score (nSPS) is 18.3. The number of nitrogens with zero attached hydrogens (tertiary/aromatic N) is 3. The molecular formula is C18H32N4O4. The topological polar surface area (TPSA) is 105 Å². The van der Waals surface area contributed by atoms with Crippen LogP contribution in [0.3, 0.4) is 0 Å². The predicted octanol–water partition coefficient (Wildman–Crippen LogP) is 0.654. The Kier molecular flexibility index (Phi) is 9.29. The Balaban J connectivity index is 2.77. The maximum absolute atomic E-state index is 12.9. The van der Waals surface area contributed by atoms with Crippen molar-refractivity contribution < 1.29 is 19.9 Å². The highest BCUT2D eigenvalue weighted by Gasteiger charge is 2.36. The molecule has 0 aromatic carbocycles. The Labute approximate surface area is 155 Å². The second-order valence-corrected chi connectivity index (χ2v) is 6.86. The highest BCUT2D eigenvalue weighted by atomic mass is 16.5. The standard InChI is InChI=1S/C18H32N4O4/c1-5-6-7-15(19-4)21-8-10-22(11-9-21)18(25)14(12-13(2)3)16(23)17(24)20-26/h6-7,13-14,16,23,26H,5,8-12H2,1-4H3,(H,20,24)/b7-6-,19-15?/t14-,16+/m0/s1. The summed E-state index contributed by atoms with van der Waals surface area (Å²) in [7, 11) is 1.75. The van der Waals surface area contributed by atoms with Gasteiger partial charge in [0.25, 0.3) is 5.91 Å². The molecule has 1 rings (SSSR count). The molecule has 0 aromatic heterocycles. The van der Waals surface area contributed by atoms with Crippen molar-refractivity contribution in [2.75, 3.05) is 33.2 Å². The molecule has 0 aromatic rings. The van der Waals surface area contributed by atoms with Crippen LogP contribution in [-0.4, -0.2) is 77.1 Å². The van der Waals surface area contributed by atoms with Gasteiger partial charge in [0.15, 0.2) is 0 Å². The number of rotatable bonds is 7. The SMILES string of the molecule is CC/C=C\C(=NC)N1CCN(C(=O)[C@@H](CC(C)C)[C@@H](O)C(=O)NO)CC1. The van der Waals surface area contributed by atoms with Gasteiger partial charge in [0.05, 0.1) is 5.92 Å². The minimum Gasteiger partial charge on any atom is -0.382 e. The fourth-order valence-electron chi connectivity index (χ4n) is 3.06. The quantitative estimate of drug-likeness (QED) is 0.265. The highest BCUT2D eigenvalue weighted by Crippen LogP contribution is 2.20. The van der Waals surface area contributed by atoms with Gasteiger partial charge in [-0.3, -0.25) is 19.8 Å². The number of aliphatic hydroxyl groups is 1. The van der Waals surface area contributed by atoms with Gasteiger partial charge in [-0.2, -0.15) is 0 Å². The number of aliphatic imine (C=N–C) groups is 1. The molecule has 2 amide bonds. The molecule has 0 bridgehead atoms. The fraction of sp³-hybridized carbons (Fsp3) is 0.722. The van der Waals surface area contributed by atoms with Crippen LogP contribution in [-0.2, 0) is 9.59 Å². The molecule has 0 spiro atoms. The Morgan fingerprint density at radius 1 is 1.19 bits per heavy atom. The van der Waals surface area contributed by atoms with Crippen LogP contribution in [0.4, 0.5) is 0 Å². The maximum atomic E-state index is 12.9. The molecule has 148 valence electrons. The van der Waals surface area contributed by atoms with Crippen molar-refractivity contribution in [1.29, 1.82) is 0 Å².